The summed E-state index contributed by atoms with van der Waals surface area (Å²) in [5.41, 5.74) is 0.972. The van der Waals surface area contributed by atoms with Gasteiger partial charge in [0.15, 0.2) is 5.11 Å². The maximum Gasteiger partial charge on any atom is 0.170 e. The highest BCUT2D eigenvalue weighted by Gasteiger charge is 2.40. The molecule has 0 spiro atoms. The van der Waals surface area contributed by atoms with E-state index in [1.165, 1.54) is 4.88 Å². The number of thiocarbonyl (C=S) groups is 1. The van der Waals surface area contributed by atoms with Gasteiger partial charge in [0.05, 0.1) is 28.7 Å². The largest absolute Gasteiger partial charge is 0.383 e. The molecule has 3 heterocycles. The molecule has 0 saturated carbocycles. The van der Waals surface area contributed by atoms with E-state index in [9.17, 15) is 0 Å². The Hall–Kier alpha value is -1.21. The molecule has 0 unspecified atom stereocenters. The summed E-state index contributed by atoms with van der Waals surface area (Å²) in [6, 6.07) is 9.99. The van der Waals surface area contributed by atoms with Crippen LogP contribution in [0.4, 0.5) is 0 Å². The van der Waals surface area contributed by atoms with Crippen LogP contribution in [0.5, 0.6) is 0 Å². The molecule has 0 amide bonds. The van der Waals surface area contributed by atoms with Crippen LogP contribution in [0.15, 0.2) is 36.5 Å². The van der Waals surface area contributed by atoms with Crippen LogP contribution in [0.2, 0.25) is 4.34 Å². The van der Waals surface area contributed by atoms with Gasteiger partial charge in [0.2, 0.25) is 0 Å². The van der Waals surface area contributed by atoms with Crippen LogP contribution in [0, 0.1) is 0 Å². The van der Waals surface area contributed by atoms with Crippen molar-refractivity contribution in [1.29, 1.82) is 0 Å². The number of pyridine rings is 1. The quantitative estimate of drug-likeness (QED) is 0.834. The number of halogens is 1. The number of hydrogen-bond acceptors (Lipinski definition) is 4. The second-order valence-corrected chi connectivity index (χ2v) is 7.09. The van der Waals surface area contributed by atoms with Crippen LogP contribution >= 0.6 is 35.2 Å². The van der Waals surface area contributed by atoms with E-state index in [0.29, 0.717) is 6.61 Å². The number of aromatic nitrogens is 1. The van der Waals surface area contributed by atoms with Crippen molar-refractivity contribution in [2.45, 2.75) is 12.1 Å². The Bertz CT molecular complexity index is 649. The molecule has 0 radical (unpaired) electrons. The van der Waals surface area contributed by atoms with Crippen molar-refractivity contribution in [3.8, 4) is 0 Å². The lowest BCUT2D eigenvalue weighted by molar-refractivity contribution is 0.164. The van der Waals surface area contributed by atoms with E-state index in [2.05, 4.69) is 21.3 Å². The van der Waals surface area contributed by atoms with Gasteiger partial charge < -0.3 is 15.0 Å². The number of nitrogens with zero attached hydrogens (tertiary/aromatic N) is 2. The van der Waals surface area contributed by atoms with Gasteiger partial charge in [0.25, 0.3) is 0 Å². The van der Waals surface area contributed by atoms with Crippen molar-refractivity contribution < 1.29 is 4.74 Å². The summed E-state index contributed by atoms with van der Waals surface area (Å²) in [5.74, 6) is 0. The topological polar surface area (TPSA) is 37.4 Å². The van der Waals surface area contributed by atoms with E-state index in [-0.39, 0.29) is 12.1 Å². The van der Waals surface area contributed by atoms with Crippen molar-refractivity contribution in [2.24, 2.45) is 0 Å². The molecule has 7 heteroatoms. The predicted octanol–water partition coefficient (Wildman–Crippen LogP) is 3.42. The van der Waals surface area contributed by atoms with Crippen LogP contribution in [-0.2, 0) is 4.74 Å². The van der Waals surface area contributed by atoms with E-state index < -0.39 is 0 Å². The molecule has 2 aromatic rings. The maximum absolute atomic E-state index is 6.13. The Labute approximate surface area is 144 Å². The molecule has 2 aromatic heterocycles. The third kappa shape index (κ3) is 3.10. The Morgan fingerprint density at radius 1 is 1.41 bits per heavy atom. The van der Waals surface area contributed by atoms with Gasteiger partial charge in [-0.2, -0.15) is 0 Å². The molecule has 0 aliphatic carbocycles. The standard InChI is InChI=1S/C15H16ClN3OS2/c1-20-9-8-19-14(11-5-6-12(16)22-11)13(18-15(19)21)10-4-2-3-7-17-10/h2-7,13-14H,8-9H2,1H3,(H,18,21)/t13-,14+/m1/s1. The highest BCUT2D eigenvalue weighted by Crippen LogP contribution is 2.41. The van der Waals surface area contributed by atoms with E-state index in [4.69, 9.17) is 28.6 Å². The van der Waals surface area contributed by atoms with E-state index in [0.717, 1.165) is 21.7 Å². The average molecular weight is 354 g/mol. The third-order valence-electron chi connectivity index (χ3n) is 3.62. The summed E-state index contributed by atoms with van der Waals surface area (Å²) in [4.78, 5) is 7.81. The molecular weight excluding hydrogens is 338 g/mol. The van der Waals surface area contributed by atoms with Crippen molar-refractivity contribution in [1.82, 2.24) is 15.2 Å². The fraction of sp³-hybridized carbons (Fsp3) is 0.333. The predicted molar refractivity (Wildman–Crippen MR) is 93.4 cm³/mol. The minimum atomic E-state index is 0.0141. The van der Waals surface area contributed by atoms with Crippen LogP contribution < -0.4 is 5.32 Å². The molecule has 1 N–H and O–H groups in total. The molecule has 1 aliphatic heterocycles. The first-order valence-electron chi connectivity index (χ1n) is 6.93. The Balaban J connectivity index is 1.96. The Morgan fingerprint density at radius 2 is 2.27 bits per heavy atom. The first-order chi connectivity index (χ1) is 10.7. The summed E-state index contributed by atoms with van der Waals surface area (Å²) in [6.45, 7) is 1.35. The van der Waals surface area contributed by atoms with Gasteiger partial charge in [0.1, 0.15) is 0 Å². The average Bonchev–Trinajstić information content (AvgIpc) is 3.09. The third-order valence-corrected chi connectivity index (χ3v) is 5.27. The van der Waals surface area contributed by atoms with Gasteiger partial charge in [-0.05, 0) is 36.5 Å². The lowest BCUT2D eigenvalue weighted by Crippen LogP contribution is -2.32. The summed E-state index contributed by atoms with van der Waals surface area (Å²) < 4.78 is 5.99. The van der Waals surface area contributed by atoms with Gasteiger partial charge in [-0.15, -0.1) is 11.3 Å². The van der Waals surface area contributed by atoms with Crippen molar-refractivity contribution in [3.05, 3.63) is 51.4 Å². The summed E-state index contributed by atoms with van der Waals surface area (Å²) in [5, 5.41) is 4.11. The molecule has 0 aromatic carbocycles. The van der Waals surface area contributed by atoms with Crippen molar-refractivity contribution in [3.63, 3.8) is 0 Å². The molecule has 22 heavy (non-hydrogen) atoms. The summed E-state index contributed by atoms with van der Waals surface area (Å²) >= 11 is 13.2. The van der Waals surface area contributed by atoms with Gasteiger partial charge in [0, 0.05) is 24.7 Å². The monoisotopic (exact) mass is 353 g/mol. The SMILES string of the molecule is COCCN1C(=S)N[C@H](c2ccccn2)[C@@H]1c1ccc(Cl)s1. The van der Waals surface area contributed by atoms with Crippen LogP contribution in [-0.4, -0.2) is 35.3 Å². The van der Waals surface area contributed by atoms with Gasteiger partial charge in [-0.3, -0.25) is 4.98 Å². The molecule has 1 saturated heterocycles. The normalized spacial score (nSPS) is 21.2. The zero-order chi connectivity index (χ0) is 15.5. The maximum atomic E-state index is 6.13. The fourth-order valence-electron chi connectivity index (χ4n) is 2.63. The number of ether oxygens (including phenoxy) is 1. The van der Waals surface area contributed by atoms with Crippen molar-refractivity contribution >= 4 is 40.3 Å². The number of methoxy groups -OCH3 is 1. The fourth-order valence-corrected chi connectivity index (χ4v) is 4.18. The van der Waals surface area contributed by atoms with Gasteiger partial charge in [-0.25, -0.2) is 0 Å². The zero-order valence-corrected chi connectivity index (χ0v) is 14.4. The van der Waals surface area contributed by atoms with Gasteiger partial charge >= 0.3 is 0 Å². The van der Waals surface area contributed by atoms with Crippen LogP contribution in [0.25, 0.3) is 0 Å². The first-order valence-corrected chi connectivity index (χ1v) is 8.53. The molecule has 0 bridgehead atoms. The second-order valence-electron chi connectivity index (χ2n) is 4.95. The van der Waals surface area contributed by atoms with Gasteiger partial charge in [-0.1, -0.05) is 17.7 Å². The highest BCUT2D eigenvalue weighted by molar-refractivity contribution is 7.80. The summed E-state index contributed by atoms with van der Waals surface area (Å²) in [6.07, 6.45) is 1.80. The number of hydrogen-bond donors (Lipinski definition) is 1. The second kappa shape index (κ2) is 6.91. The zero-order valence-electron chi connectivity index (χ0n) is 12.0. The van der Waals surface area contributed by atoms with E-state index >= 15 is 0 Å². The highest BCUT2D eigenvalue weighted by atomic mass is 35.5. The number of thiophene rings is 1. The lowest BCUT2D eigenvalue weighted by atomic mass is 10.0. The van der Waals surface area contributed by atoms with Crippen molar-refractivity contribution in [2.75, 3.05) is 20.3 Å². The smallest absolute Gasteiger partial charge is 0.170 e. The minimum absolute atomic E-state index is 0.0141. The minimum Gasteiger partial charge on any atom is -0.383 e. The number of nitrogens with one attached hydrogen (secondary N) is 1. The van der Waals surface area contributed by atoms with E-state index in [1.54, 1.807) is 24.6 Å². The first kappa shape index (κ1) is 15.7. The molecule has 4 nitrogen and oxygen atoms in total. The number of rotatable bonds is 5. The molecule has 2 atom stereocenters. The lowest BCUT2D eigenvalue weighted by Gasteiger charge is -2.26. The molecule has 116 valence electrons. The van der Waals surface area contributed by atoms with Crippen LogP contribution in [0.1, 0.15) is 22.7 Å². The molecular formula is C15H16ClN3OS2. The molecule has 3 rings (SSSR count). The Kier molecular flexibility index (Phi) is 4.93. The summed E-state index contributed by atoms with van der Waals surface area (Å²) in [7, 11) is 1.69. The van der Waals surface area contributed by atoms with E-state index in [1.807, 2.05) is 24.3 Å². The molecule has 1 fully saturated rings. The Morgan fingerprint density at radius 3 is 2.91 bits per heavy atom. The van der Waals surface area contributed by atoms with Crippen LogP contribution in [0.3, 0.4) is 0 Å². The molecule has 1 aliphatic rings.